The zero-order valence-electron chi connectivity index (χ0n) is 6.56. The van der Waals surface area contributed by atoms with Gasteiger partial charge < -0.3 is 5.11 Å². The van der Waals surface area contributed by atoms with Gasteiger partial charge in [0.05, 0.1) is 0 Å². The van der Waals surface area contributed by atoms with E-state index in [4.69, 9.17) is 5.11 Å². The summed E-state index contributed by atoms with van der Waals surface area (Å²) in [4.78, 5) is 0. The summed E-state index contributed by atoms with van der Waals surface area (Å²) in [7, 11) is 0. The van der Waals surface area contributed by atoms with Gasteiger partial charge in [0, 0.05) is 11.6 Å². The molecule has 0 aliphatic carbocycles. The third kappa shape index (κ3) is 1.18. The molecule has 0 atom stereocenters. The molecule has 0 saturated carbocycles. The minimum Gasteiger partial charge on any atom is -0.505 e. The molecule has 12 heavy (non-hydrogen) atoms. The number of benzene rings is 1. The predicted octanol–water partition coefficient (Wildman–Crippen LogP) is 2.62. The van der Waals surface area contributed by atoms with Crippen molar-refractivity contribution in [3.8, 4) is 5.75 Å². The Labute approximate surface area is 69.0 Å². The standard InChI is InChI=1S/C9H8F2O/c1-3-6-5(2)9(11)8(12)4-7(6)10/h3-4,12H,1H2,2H3. The Bertz CT molecular complexity index is 332. The summed E-state index contributed by atoms with van der Waals surface area (Å²) in [6.07, 6.45) is 1.22. The maximum absolute atomic E-state index is 12.9. The van der Waals surface area contributed by atoms with Crippen LogP contribution in [-0.2, 0) is 0 Å². The molecule has 0 radical (unpaired) electrons. The average Bonchev–Trinajstić information content (AvgIpc) is 2.01. The second-order valence-corrected chi connectivity index (χ2v) is 2.43. The first kappa shape index (κ1) is 8.71. The Balaban J connectivity index is 3.51. The summed E-state index contributed by atoms with van der Waals surface area (Å²) in [5.74, 6) is -2.14. The van der Waals surface area contributed by atoms with Gasteiger partial charge in [0.2, 0.25) is 0 Å². The van der Waals surface area contributed by atoms with Crippen molar-refractivity contribution in [2.24, 2.45) is 0 Å². The Hall–Kier alpha value is -1.38. The lowest BCUT2D eigenvalue weighted by Gasteiger charge is -2.04. The lowest BCUT2D eigenvalue weighted by atomic mass is 10.1. The van der Waals surface area contributed by atoms with Crippen molar-refractivity contribution in [2.75, 3.05) is 0 Å². The highest BCUT2D eigenvalue weighted by Gasteiger charge is 2.11. The van der Waals surface area contributed by atoms with Crippen LogP contribution in [0.4, 0.5) is 8.78 Å². The molecule has 0 spiro atoms. The van der Waals surface area contributed by atoms with Gasteiger partial charge in [0.25, 0.3) is 0 Å². The van der Waals surface area contributed by atoms with Gasteiger partial charge in [-0.1, -0.05) is 12.7 Å². The van der Waals surface area contributed by atoms with Crippen LogP contribution in [0.2, 0.25) is 0 Å². The van der Waals surface area contributed by atoms with Crippen LogP contribution < -0.4 is 0 Å². The summed E-state index contributed by atoms with van der Waals surface area (Å²) in [6.45, 7) is 4.72. The Morgan fingerprint density at radius 2 is 2.08 bits per heavy atom. The zero-order valence-corrected chi connectivity index (χ0v) is 6.56. The fourth-order valence-corrected chi connectivity index (χ4v) is 1.00. The van der Waals surface area contributed by atoms with Crippen LogP contribution in [-0.4, -0.2) is 5.11 Å². The van der Waals surface area contributed by atoms with E-state index >= 15 is 0 Å². The van der Waals surface area contributed by atoms with E-state index in [0.717, 1.165) is 6.07 Å². The molecule has 0 amide bonds. The number of rotatable bonds is 1. The maximum atomic E-state index is 12.9. The Kier molecular flexibility index (Phi) is 2.13. The van der Waals surface area contributed by atoms with Gasteiger partial charge in [-0.15, -0.1) is 0 Å². The van der Waals surface area contributed by atoms with Gasteiger partial charge in [0.1, 0.15) is 5.82 Å². The number of hydrogen-bond donors (Lipinski definition) is 1. The van der Waals surface area contributed by atoms with Crippen LogP contribution in [0.15, 0.2) is 12.6 Å². The molecular weight excluding hydrogens is 162 g/mol. The molecule has 0 fully saturated rings. The van der Waals surface area contributed by atoms with Crippen molar-refractivity contribution < 1.29 is 13.9 Å². The average molecular weight is 170 g/mol. The minimum absolute atomic E-state index is 0.0718. The van der Waals surface area contributed by atoms with Crippen LogP contribution in [0.1, 0.15) is 11.1 Å². The van der Waals surface area contributed by atoms with Gasteiger partial charge in [-0.25, -0.2) is 8.78 Å². The van der Waals surface area contributed by atoms with E-state index in [2.05, 4.69) is 6.58 Å². The van der Waals surface area contributed by atoms with Crippen molar-refractivity contribution in [3.05, 3.63) is 35.4 Å². The van der Waals surface area contributed by atoms with Gasteiger partial charge in [0.15, 0.2) is 11.6 Å². The van der Waals surface area contributed by atoms with Gasteiger partial charge in [-0.05, 0) is 12.5 Å². The van der Waals surface area contributed by atoms with E-state index in [1.165, 1.54) is 13.0 Å². The second-order valence-electron chi connectivity index (χ2n) is 2.43. The zero-order chi connectivity index (χ0) is 9.30. The largest absolute Gasteiger partial charge is 0.505 e. The second kappa shape index (κ2) is 2.93. The molecule has 0 saturated heterocycles. The van der Waals surface area contributed by atoms with E-state index in [1.807, 2.05) is 0 Å². The van der Waals surface area contributed by atoms with E-state index in [-0.39, 0.29) is 11.1 Å². The fraction of sp³-hybridized carbons (Fsp3) is 0.111. The molecule has 3 heteroatoms. The number of hydrogen-bond acceptors (Lipinski definition) is 1. The van der Waals surface area contributed by atoms with Crippen LogP contribution in [0, 0.1) is 18.6 Å². The predicted molar refractivity (Wildman–Crippen MR) is 42.9 cm³/mol. The third-order valence-corrected chi connectivity index (χ3v) is 1.68. The van der Waals surface area contributed by atoms with Crippen molar-refractivity contribution in [3.63, 3.8) is 0 Å². The number of phenolic OH excluding ortho intramolecular Hbond substituents is 1. The molecule has 0 heterocycles. The number of phenols is 1. The quantitative estimate of drug-likeness (QED) is 0.686. The van der Waals surface area contributed by atoms with Crippen LogP contribution in [0.3, 0.4) is 0 Å². The molecule has 1 nitrogen and oxygen atoms in total. The molecular formula is C9H8F2O. The van der Waals surface area contributed by atoms with E-state index in [1.54, 1.807) is 0 Å². The molecule has 0 aliphatic heterocycles. The normalized spacial score (nSPS) is 9.92. The topological polar surface area (TPSA) is 20.2 Å². The van der Waals surface area contributed by atoms with Gasteiger partial charge >= 0.3 is 0 Å². The number of halogens is 2. The van der Waals surface area contributed by atoms with Crippen molar-refractivity contribution >= 4 is 6.08 Å². The van der Waals surface area contributed by atoms with Crippen LogP contribution in [0.5, 0.6) is 5.75 Å². The first-order valence-electron chi connectivity index (χ1n) is 3.38. The molecule has 0 bridgehead atoms. The van der Waals surface area contributed by atoms with E-state index < -0.39 is 17.4 Å². The lowest BCUT2D eigenvalue weighted by molar-refractivity contribution is 0.424. The van der Waals surface area contributed by atoms with Gasteiger partial charge in [-0.3, -0.25) is 0 Å². The smallest absolute Gasteiger partial charge is 0.168 e. The van der Waals surface area contributed by atoms with E-state index in [0.29, 0.717) is 0 Å². The third-order valence-electron chi connectivity index (χ3n) is 1.68. The molecule has 1 aromatic rings. The lowest BCUT2D eigenvalue weighted by Crippen LogP contribution is -1.92. The first-order chi connectivity index (χ1) is 5.57. The SMILES string of the molecule is C=Cc1c(F)cc(O)c(F)c1C. The highest BCUT2D eigenvalue weighted by atomic mass is 19.1. The summed E-state index contributed by atoms with van der Waals surface area (Å²) < 4.78 is 25.8. The highest BCUT2D eigenvalue weighted by molar-refractivity contribution is 5.54. The maximum Gasteiger partial charge on any atom is 0.168 e. The molecule has 1 rings (SSSR count). The molecule has 0 aliphatic rings. The molecule has 1 aromatic carbocycles. The fourth-order valence-electron chi connectivity index (χ4n) is 1.00. The summed E-state index contributed by atoms with van der Waals surface area (Å²) >= 11 is 0. The molecule has 64 valence electrons. The highest BCUT2D eigenvalue weighted by Crippen LogP contribution is 2.25. The summed E-state index contributed by atoms with van der Waals surface area (Å²) in [5, 5.41) is 8.85. The van der Waals surface area contributed by atoms with Crippen molar-refractivity contribution in [2.45, 2.75) is 6.92 Å². The van der Waals surface area contributed by atoms with Crippen LogP contribution >= 0.6 is 0 Å². The molecule has 0 unspecified atom stereocenters. The Morgan fingerprint density at radius 3 is 2.58 bits per heavy atom. The first-order valence-corrected chi connectivity index (χ1v) is 3.38. The van der Waals surface area contributed by atoms with Gasteiger partial charge in [-0.2, -0.15) is 0 Å². The monoisotopic (exact) mass is 170 g/mol. The summed E-state index contributed by atoms with van der Waals surface area (Å²) in [6, 6.07) is 0.735. The van der Waals surface area contributed by atoms with E-state index in [9.17, 15) is 8.78 Å². The number of aromatic hydroxyl groups is 1. The van der Waals surface area contributed by atoms with Crippen molar-refractivity contribution in [1.82, 2.24) is 0 Å². The van der Waals surface area contributed by atoms with Crippen LogP contribution in [0.25, 0.3) is 6.08 Å². The Morgan fingerprint density at radius 1 is 1.50 bits per heavy atom. The molecule has 0 aromatic heterocycles. The summed E-state index contributed by atoms with van der Waals surface area (Å²) in [5.41, 5.74) is 0.160. The van der Waals surface area contributed by atoms with Crippen molar-refractivity contribution in [1.29, 1.82) is 0 Å². The minimum atomic E-state index is -0.800. The molecule has 1 N–H and O–H groups in total.